The average molecular weight is 394 g/mol. The number of carbonyl (C=O) groups is 1. The van der Waals surface area contributed by atoms with Gasteiger partial charge in [0.05, 0.1) is 19.3 Å². The molecule has 8 nitrogen and oxygen atoms in total. The van der Waals surface area contributed by atoms with Gasteiger partial charge in [0.2, 0.25) is 5.95 Å². The molecule has 0 fully saturated rings. The molecule has 126 valence electrons. The average Bonchev–Trinajstić information content (AvgIpc) is 3.01. The normalized spacial score (nSPS) is 16.4. The van der Waals surface area contributed by atoms with E-state index in [2.05, 4.69) is 36.8 Å². The lowest BCUT2D eigenvalue weighted by atomic mass is 9.95. The second kappa shape index (κ2) is 6.60. The first-order chi connectivity index (χ1) is 11.6. The van der Waals surface area contributed by atoms with Crippen molar-refractivity contribution in [1.82, 2.24) is 20.2 Å². The number of ether oxygens (including phenoxy) is 2. The van der Waals surface area contributed by atoms with Gasteiger partial charge in [-0.3, -0.25) is 0 Å². The fraction of sp³-hybridized carbons (Fsp3) is 0.333. The first kappa shape index (κ1) is 16.4. The Hall–Kier alpha value is -2.42. The van der Waals surface area contributed by atoms with Gasteiger partial charge < -0.3 is 14.8 Å². The minimum atomic E-state index is -0.553. The van der Waals surface area contributed by atoms with E-state index in [1.807, 2.05) is 18.2 Å². The van der Waals surface area contributed by atoms with Crippen LogP contribution in [0.15, 0.2) is 33.9 Å². The molecule has 0 aliphatic carbocycles. The molecule has 0 saturated carbocycles. The first-order valence-electron chi connectivity index (χ1n) is 7.33. The summed E-state index contributed by atoms with van der Waals surface area (Å²) in [6, 6.07) is 5.02. The Morgan fingerprint density at radius 3 is 2.96 bits per heavy atom. The van der Waals surface area contributed by atoms with E-state index in [0.29, 0.717) is 23.0 Å². The minimum Gasteiger partial charge on any atom is -0.496 e. The minimum absolute atomic E-state index is 0.278. The highest BCUT2D eigenvalue weighted by Crippen LogP contribution is 2.39. The molecule has 0 radical (unpaired) electrons. The molecule has 0 saturated heterocycles. The van der Waals surface area contributed by atoms with Gasteiger partial charge in [0.25, 0.3) is 0 Å². The van der Waals surface area contributed by atoms with Crippen molar-refractivity contribution < 1.29 is 14.3 Å². The number of hydrogen-bond acceptors (Lipinski definition) is 7. The number of nitrogens with zero attached hydrogens (tertiary/aromatic N) is 4. The number of hydrogen-bond donors (Lipinski definition) is 1. The van der Waals surface area contributed by atoms with Crippen LogP contribution in [0.25, 0.3) is 0 Å². The second-order valence-corrected chi connectivity index (χ2v) is 6.04. The number of tetrazole rings is 1. The Labute approximate surface area is 147 Å². The fourth-order valence-electron chi connectivity index (χ4n) is 2.69. The SMILES string of the molecule is CCOC(=O)C1=C(C)Nc2nnnn2C1c1cc(Br)ccc1OC. The van der Waals surface area contributed by atoms with Crippen molar-refractivity contribution in [3.63, 3.8) is 0 Å². The smallest absolute Gasteiger partial charge is 0.338 e. The standard InChI is InChI=1S/C15H16BrN5O3/c1-4-24-14(22)12-8(2)17-15-18-19-20-21(15)13(12)10-7-9(16)5-6-11(10)23-3/h5-7,13H,4H2,1-3H3,(H,17,18,20). The van der Waals surface area contributed by atoms with Crippen LogP contribution in [-0.4, -0.2) is 39.9 Å². The van der Waals surface area contributed by atoms with Crippen molar-refractivity contribution in [2.75, 3.05) is 19.0 Å². The zero-order valence-electron chi connectivity index (χ0n) is 13.4. The topological polar surface area (TPSA) is 91.2 Å². The van der Waals surface area contributed by atoms with Crippen molar-refractivity contribution in [2.45, 2.75) is 19.9 Å². The molecule has 0 amide bonds. The number of methoxy groups -OCH3 is 1. The van der Waals surface area contributed by atoms with E-state index >= 15 is 0 Å². The maximum atomic E-state index is 12.6. The predicted octanol–water partition coefficient (Wildman–Crippen LogP) is 2.30. The lowest BCUT2D eigenvalue weighted by Crippen LogP contribution is -2.30. The molecule has 1 atom stereocenters. The third-order valence-electron chi connectivity index (χ3n) is 3.70. The van der Waals surface area contributed by atoms with Gasteiger partial charge in [-0.15, -0.1) is 0 Å². The number of benzene rings is 1. The molecule has 1 aliphatic rings. The number of anilines is 1. The van der Waals surface area contributed by atoms with Gasteiger partial charge in [0.1, 0.15) is 11.8 Å². The number of allylic oxidation sites excluding steroid dienone is 1. The Balaban J connectivity index is 2.22. The molecule has 0 bridgehead atoms. The van der Waals surface area contributed by atoms with Crippen LogP contribution in [0, 0.1) is 0 Å². The van der Waals surface area contributed by atoms with Crippen molar-refractivity contribution in [3.05, 3.63) is 39.5 Å². The Morgan fingerprint density at radius 2 is 2.25 bits per heavy atom. The highest BCUT2D eigenvalue weighted by atomic mass is 79.9. The molecule has 1 aromatic carbocycles. The highest BCUT2D eigenvalue weighted by molar-refractivity contribution is 9.10. The molecule has 2 heterocycles. The molecule has 3 rings (SSSR count). The van der Waals surface area contributed by atoms with Crippen molar-refractivity contribution >= 4 is 27.8 Å². The number of rotatable bonds is 4. The number of esters is 1. The molecule has 1 unspecified atom stereocenters. The molecule has 1 N–H and O–H groups in total. The molecule has 9 heteroatoms. The third kappa shape index (κ3) is 2.75. The van der Waals surface area contributed by atoms with E-state index in [1.54, 1.807) is 25.6 Å². The summed E-state index contributed by atoms with van der Waals surface area (Å²) in [4.78, 5) is 12.6. The van der Waals surface area contributed by atoms with Crippen molar-refractivity contribution in [3.8, 4) is 5.75 Å². The first-order valence-corrected chi connectivity index (χ1v) is 8.12. The number of halogens is 1. The summed E-state index contributed by atoms with van der Waals surface area (Å²) in [6.45, 7) is 3.84. The summed E-state index contributed by atoms with van der Waals surface area (Å²) in [5.74, 6) is 0.657. The second-order valence-electron chi connectivity index (χ2n) is 5.12. The molecular formula is C15H16BrN5O3. The predicted molar refractivity (Wildman–Crippen MR) is 89.6 cm³/mol. The van der Waals surface area contributed by atoms with Gasteiger partial charge in [0.15, 0.2) is 0 Å². The molecule has 1 aromatic heterocycles. The van der Waals surface area contributed by atoms with Crippen LogP contribution in [0.2, 0.25) is 0 Å². The van der Waals surface area contributed by atoms with Gasteiger partial charge in [-0.25, -0.2) is 4.79 Å². The summed E-state index contributed by atoms with van der Waals surface area (Å²) in [6.07, 6.45) is 0. The lowest BCUT2D eigenvalue weighted by Gasteiger charge is -2.28. The Bertz CT molecular complexity index is 817. The van der Waals surface area contributed by atoms with E-state index < -0.39 is 12.0 Å². The largest absolute Gasteiger partial charge is 0.496 e. The number of nitrogens with one attached hydrogen (secondary N) is 1. The summed E-state index contributed by atoms with van der Waals surface area (Å²) in [7, 11) is 1.58. The van der Waals surface area contributed by atoms with Crippen molar-refractivity contribution in [2.24, 2.45) is 0 Å². The van der Waals surface area contributed by atoms with Crippen LogP contribution >= 0.6 is 15.9 Å². The van der Waals surface area contributed by atoms with Crippen LogP contribution in [0.4, 0.5) is 5.95 Å². The van der Waals surface area contributed by atoms with E-state index in [0.717, 1.165) is 10.0 Å². The summed E-state index contributed by atoms with van der Waals surface area (Å²) < 4.78 is 13.1. The molecule has 0 spiro atoms. The van der Waals surface area contributed by atoms with Crippen molar-refractivity contribution in [1.29, 1.82) is 0 Å². The van der Waals surface area contributed by atoms with Gasteiger partial charge in [-0.1, -0.05) is 21.0 Å². The summed E-state index contributed by atoms with van der Waals surface area (Å²) in [5.41, 5.74) is 1.83. The number of fused-ring (bicyclic) bond motifs is 1. The number of carbonyl (C=O) groups excluding carboxylic acids is 1. The molecular weight excluding hydrogens is 378 g/mol. The molecule has 2 aromatic rings. The van der Waals surface area contributed by atoms with Crippen LogP contribution in [0.1, 0.15) is 25.5 Å². The van der Waals surface area contributed by atoms with Gasteiger partial charge in [-0.2, -0.15) is 4.68 Å². The van der Waals surface area contributed by atoms with Crippen LogP contribution < -0.4 is 10.1 Å². The monoisotopic (exact) mass is 393 g/mol. The van der Waals surface area contributed by atoms with Crippen LogP contribution in [0.3, 0.4) is 0 Å². The van der Waals surface area contributed by atoms with E-state index in [1.165, 1.54) is 0 Å². The quantitative estimate of drug-likeness (QED) is 0.796. The highest BCUT2D eigenvalue weighted by Gasteiger charge is 2.36. The zero-order chi connectivity index (χ0) is 17.3. The lowest BCUT2D eigenvalue weighted by molar-refractivity contribution is -0.139. The number of aromatic nitrogens is 4. The van der Waals surface area contributed by atoms with E-state index in [4.69, 9.17) is 9.47 Å². The Kier molecular flexibility index (Phi) is 4.52. The third-order valence-corrected chi connectivity index (χ3v) is 4.19. The summed E-state index contributed by atoms with van der Waals surface area (Å²) >= 11 is 3.46. The van der Waals surface area contributed by atoms with Gasteiger partial charge >= 0.3 is 5.97 Å². The van der Waals surface area contributed by atoms with Crippen LogP contribution in [-0.2, 0) is 9.53 Å². The van der Waals surface area contributed by atoms with Gasteiger partial charge in [0, 0.05) is 15.7 Å². The molecule has 1 aliphatic heterocycles. The summed E-state index contributed by atoms with van der Waals surface area (Å²) in [5, 5.41) is 14.7. The maximum Gasteiger partial charge on any atom is 0.338 e. The maximum absolute atomic E-state index is 12.6. The van der Waals surface area contributed by atoms with Crippen LogP contribution in [0.5, 0.6) is 5.75 Å². The van der Waals surface area contributed by atoms with E-state index in [9.17, 15) is 4.79 Å². The Morgan fingerprint density at radius 1 is 1.46 bits per heavy atom. The zero-order valence-corrected chi connectivity index (χ0v) is 15.0. The molecule has 24 heavy (non-hydrogen) atoms. The fourth-order valence-corrected chi connectivity index (χ4v) is 3.07. The van der Waals surface area contributed by atoms with Gasteiger partial charge in [-0.05, 0) is 42.5 Å². The van der Waals surface area contributed by atoms with E-state index in [-0.39, 0.29) is 6.61 Å².